The zero-order valence-electron chi connectivity index (χ0n) is 24.4. The van der Waals surface area contributed by atoms with E-state index in [2.05, 4.69) is 51.1 Å². The lowest BCUT2D eigenvalue weighted by Crippen LogP contribution is -2.56. The van der Waals surface area contributed by atoms with E-state index in [-0.39, 0.29) is 22.8 Å². The van der Waals surface area contributed by atoms with Gasteiger partial charge in [-0.2, -0.15) is 5.10 Å². The number of aromatic nitrogens is 3. The number of pyridine rings is 1. The lowest BCUT2D eigenvalue weighted by Gasteiger charge is -2.40. The second-order valence-corrected chi connectivity index (χ2v) is 13.0. The van der Waals surface area contributed by atoms with Gasteiger partial charge >= 0.3 is 0 Å². The summed E-state index contributed by atoms with van der Waals surface area (Å²) in [6.07, 6.45) is 6.13. The number of rotatable bonds is 9. The Morgan fingerprint density at radius 3 is 2.54 bits per heavy atom. The first kappa shape index (κ1) is 28.4. The molecule has 41 heavy (non-hydrogen) atoms. The Bertz CT molecular complexity index is 1400. The van der Waals surface area contributed by atoms with Gasteiger partial charge in [0.25, 0.3) is 0 Å². The summed E-state index contributed by atoms with van der Waals surface area (Å²) in [4.78, 5) is 11.5. The summed E-state index contributed by atoms with van der Waals surface area (Å²) >= 11 is 6.24. The van der Waals surface area contributed by atoms with E-state index in [9.17, 15) is 0 Å². The zero-order valence-corrected chi connectivity index (χ0v) is 25.1. The fourth-order valence-electron chi connectivity index (χ4n) is 6.66. The van der Waals surface area contributed by atoms with Crippen molar-refractivity contribution in [2.45, 2.75) is 57.9 Å². The molecule has 2 saturated heterocycles. The number of benzene rings is 1. The molecule has 0 aliphatic carbocycles. The second kappa shape index (κ2) is 11.2. The molecular weight excluding hydrogens is 544 g/mol. The molecule has 1 unspecified atom stereocenters. The van der Waals surface area contributed by atoms with Crippen molar-refractivity contribution in [1.29, 1.82) is 0 Å². The molecule has 2 atom stereocenters. The molecule has 2 aromatic heterocycles. The van der Waals surface area contributed by atoms with Crippen LogP contribution in [0.2, 0.25) is 5.02 Å². The normalized spacial score (nSPS) is 22.4. The molecule has 0 spiro atoms. The van der Waals surface area contributed by atoms with E-state index in [0.29, 0.717) is 29.3 Å². The van der Waals surface area contributed by atoms with Crippen molar-refractivity contribution in [1.82, 2.24) is 25.0 Å². The Labute approximate surface area is 246 Å². The zero-order chi connectivity index (χ0) is 28.9. The number of hydrogen-bond acceptors (Lipinski definition) is 6. The third-order valence-corrected chi connectivity index (χ3v) is 9.79. The van der Waals surface area contributed by atoms with Gasteiger partial charge in [0.2, 0.25) is 0 Å². The maximum Gasteiger partial charge on any atom is 0.171 e. The minimum atomic E-state index is -1.02. The van der Waals surface area contributed by atoms with Crippen LogP contribution >= 0.6 is 11.6 Å². The Morgan fingerprint density at radius 2 is 1.80 bits per heavy atom. The summed E-state index contributed by atoms with van der Waals surface area (Å²) in [6, 6.07) is 5.07. The molecule has 3 aliphatic rings. The van der Waals surface area contributed by atoms with Crippen LogP contribution in [0.4, 0.5) is 26.1 Å². The highest BCUT2D eigenvalue weighted by atomic mass is 35.5. The largest absolute Gasteiger partial charge is 0.362 e. The van der Waals surface area contributed by atoms with Crippen molar-refractivity contribution in [3.8, 4) is 0 Å². The van der Waals surface area contributed by atoms with Gasteiger partial charge in [0.05, 0.1) is 29.1 Å². The number of halogens is 3. The summed E-state index contributed by atoms with van der Waals surface area (Å²) in [7, 11) is 0. The van der Waals surface area contributed by atoms with Crippen molar-refractivity contribution in [3.63, 3.8) is 0 Å². The number of nitrogens with zero attached hydrogens (tertiary/aromatic N) is 5. The third kappa shape index (κ3) is 5.10. The van der Waals surface area contributed by atoms with Gasteiger partial charge in [0.1, 0.15) is 11.6 Å². The van der Waals surface area contributed by atoms with Crippen LogP contribution in [0.5, 0.6) is 0 Å². The molecule has 2 fully saturated rings. The van der Waals surface area contributed by atoms with E-state index < -0.39 is 17.0 Å². The van der Waals surface area contributed by atoms with E-state index in [4.69, 9.17) is 11.6 Å². The molecule has 3 aliphatic heterocycles. The van der Waals surface area contributed by atoms with Gasteiger partial charge in [-0.05, 0) is 50.8 Å². The summed E-state index contributed by atoms with van der Waals surface area (Å²) < 4.78 is 32.2. The molecule has 0 radical (unpaired) electrons. The lowest BCUT2D eigenvalue weighted by atomic mass is 9.77. The van der Waals surface area contributed by atoms with E-state index in [0.717, 1.165) is 37.6 Å². The topological polar surface area (TPSA) is 63.3 Å². The van der Waals surface area contributed by atoms with Gasteiger partial charge < -0.3 is 15.1 Å². The smallest absolute Gasteiger partial charge is 0.171 e. The summed E-state index contributed by atoms with van der Waals surface area (Å²) in [5.74, 6) is 0.623. The van der Waals surface area contributed by atoms with E-state index >= 15 is 8.78 Å². The van der Waals surface area contributed by atoms with E-state index in [1.54, 1.807) is 18.3 Å². The minimum Gasteiger partial charge on any atom is -0.362 e. The first-order chi connectivity index (χ1) is 19.7. The van der Waals surface area contributed by atoms with Crippen molar-refractivity contribution in [3.05, 3.63) is 63.9 Å². The van der Waals surface area contributed by atoms with E-state index in [1.807, 2.05) is 18.0 Å². The Hall–Kier alpha value is -2.75. The highest BCUT2D eigenvalue weighted by Gasteiger charge is 2.47. The molecule has 0 amide bonds. The summed E-state index contributed by atoms with van der Waals surface area (Å²) in [5.41, 5.74) is 1.40. The Kier molecular flexibility index (Phi) is 7.72. The van der Waals surface area contributed by atoms with Crippen LogP contribution in [0.1, 0.15) is 63.1 Å². The first-order valence-corrected chi connectivity index (χ1v) is 15.2. The highest BCUT2D eigenvalue weighted by Crippen LogP contribution is 2.51. The molecule has 10 heteroatoms. The fourth-order valence-corrected chi connectivity index (χ4v) is 6.84. The predicted octanol–water partition coefficient (Wildman–Crippen LogP) is 6.15. The number of likely N-dealkylation sites (tertiary alicyclic amines) is 2. The molecule has 5 heterocycles. The maximum absolute atomic E-state index is 16.6. The fraction of sp³-hybridized carbons (Fsp3) is 0.548. The second-order valence-electron chi connectivity index (χ2n) is 12.6. The molecule has 1 aromatic carbocycles. The van der Waals surface area contributed by atoms with Crippen molar-refractivity contribution in [2.24, 2.45) is 5.92 Å². The lowest BCUT2D eigenvalue weighted by molar-refractivity contribution is 0.141. The van der Waals surface area contributed by atoms with Crippen LogP contribution in [-0.4, -0.2) is 76.8 Å². The maximum atomic E-state index is 16.6. The Morgan fingerprint density at radius 1 is 1.07 bits per heavy atom. The Balaban J connectivity index is 1.31. The number of nitrogens with one attached hydrogen (secondary N) is 2. The van der Waals surface area contributed by atoms with Gasteiger partial charge in [-0.15, -0.1) is 0 Å². The highest BCUT2D eigenvalue weighted by molar-refractivity contribution is 6.30. The van der Waals surface area contributed by atoms with Crippen LogP contribution in [0.25, 0.3) is 0 Å². The molecule has 0 bridgehead atoms. The monoisotopic (exact) mass is 583 g/mol. The summed E-state index contributed by atoms with van der Waals surface area (Å²) in [6.45, 7) is 14.9. The average Bonchev–Trinajstić information content (AvgIpc) is 3.67. The van der Waals surface area contributed by atoms with Crippen molar-refractivity contribution >= 4 is 28.9 Å². The first-order valence-electron chi connectivity index (χ1n) is 14.8. The van der Waals surface area contributed by atoms with Crippen LogP contribution in [0.3, 0.4) is 0 Å². The molecule has 3 aromatic rings. The van der Waals surface area contributed by atoms with Crippen LogP contribution in [0, 0.1) is 17.6 Å². The van der Waals surface area contributed by atoms with Crippen LogP contribution in [0.15, 0.2) is 30.6 Å². The number of hydrogen-bond donors (Lipinski definition) is 2. The van der Waals surface area contributed by atoms with Gasteiger partial charge in [-0.3, -0.25) is 10.00 Å². The SMILES string of the molecule is CC(C)C(C)c1cn[nH]c1N1C[C@](C)(c2cccc(Cl)c2F)c2c1cnc(NC1CN(CCN3CCCC3)C1)c2F. The van der Waals surface area contributed by atoms with E-state index in [1.165, 1.54) is 32.0 Å². The van der Waals surface area contributed by atoms with Gasteiger partial charge in [-0.1, -0.05) is 44.5 Å². The number of fused-ring (bicyclic) bond motifs is 1. The van der Waals surface area contributed by atoms with Gasteiger partial charge in [0, 0.05) is 54.8 Å². The number of H-pyrrole nitrogens is 1. The molecule has 0 saturated carbocycles. The van der Waals surface area contributed by atoms with Crippen LogP contribution in [-0.2, 0) is 5.41 Å². The number of anilines is 3. The van der Waals surface area contributed by atoms with Crippen molar-refractivity contribution < 1.29 is 8.78 Å². The van der Waals surface area contributed by atoms with Gasteiger partial charge in [-0.25, -0.2) is 13.8 Å². The molecule has 220 valence electrons. The number of aromatic amines is 1. The molecule has 7 nitrogen and oxygen atoms in total. The average molecular weight is 584 g/mol. The molecular formula is C31H40ClF2N7. The minimum absolute atomic E-state index is 0.0238. The summed E-state index contributed by atoms with van der Waals surface area (Å²) in [5, 5.41) is 10.9. The van der Waals surface area contributed by atoms with Gasteiger partial charge in [0.15, 0.2) is 11.6 Å². The molecule has 6 rings (SSSR count). The quantitative estimate of drug-likeness (QED) is 0.315. The predicted molar refractivity (Wildman–Crippen MR) is 160 cm³/mol. The third-order valence-electron chi connectivity index (χ3n) is 9.50. The molecule has 2 N–H and O–H groups in total. The van der Waals surface area contributed by atoms with Crippen molar-refractivity contribution in [2.75, 3.05) is 56.0 Å². The standard InChI is InChI=1S/C31H40ClF2N7/c1-19(2)20(3)22-14-36-38-30(22)41-18-31(4,23-8-7-9-24(32)27(23)33)26-25(41)15-35-29(28(26)34)37-21-16-40(17-21)13-12-39-10-5-6-11-39/h7-9,14-15,19-21H,5-6,10-13,16-18H2,1-4H3,(H,35,37)(H,36,38)/t20?,31-/m1/s1. The van der Waals surface area contributed by atoms with Crippen LogP contribution < -0.4 is 10.2 Å².